The van der Waals surface area contributed by atoms with Crippen LogP contribution in [0.5, 0.6) is 0 Å². The summed E-state index contributed by atoms with van der Waals surface area (Å²) in [6, 6.07) is 0. The minimum atomic E-state index is -1.07. The molecule has 0 aliphatic heterocycles. The molecule has 0 N–H and O–H groups in total. The SMILES string of the molecule is CCOC(=O)C(CC)S(=O)C1CCCC(C)C1. The Balaban J connectivity index is 2.61. The van der Waals surface area contributed by atoms with Crippen molar-refractivity contribution in [2.45, 2.75) is 63.4 Å². The van der Waals surface area contributed by atoms with Crippen molar-refractivity contribution in [2.75, 3.05) is 6.61 Å². The predicted octanol–water partition coefficient (Wildman–Crippen LogP) is 2.66. The van der Waals surface area contributed by atoms with Crippen molar-refractivity contribution in [2.24, 2.45) is 5.92 Å². The van der Waals surface area contributed by atoms with Crippen LogP contribution in [0.15, 0.2) is 0 Å². The third kappa shape index (κ3) is 4.09. The molecule has 0 aromatic heterocycles. The van der Waals surface area contributed by atoms with E-state index in [9.17, 15) is 9.00 Å². The van der Waals surface area contributed by atoms with Gasteiger partial charge in [0.25, 0.3) is 0 Å². The molecular weight excluding hydrogens is 236 g/mol. The second-order valence-corrected chi connectivity index (χ2v) is 6.76. The zero-order valence-electron chi connectivity index (χ0n) is 11.1. The molecule has 0 amide bonds. The lowest BCUT2D eigenvalue weighted by Gasteiger charge is -2.28. The van der Waals surface area contributed by atoms with Gasteiger partial charge in [-0.3, -0.25) is 9.00 Å². The first-order valence-corrected chi connectivity index (χ1v) is 7.93. The molecule has 100 valence electrons. The third-order valence-electron chi connectivity index (χ3n) is 3.42. The summed E-state index contributed by atoms with van der Waals surface area (Å²) >= 11 is 0. The highest BCUT2D eigenvalue weighted by molar-refractivity contribution is 7.87. The number of ether oxygens (including phenoxy) is 1. The predicted molar refractivity (Wildman–Crippen MR) is 70.3 cm³/mol. The maximum atomic E-state index is 12.4. The molecule has 0 aromatic carbocycles. The van der Waals surface area contributed by atoms with Gasteiger partial charge in [0.05, 0.1) is 6.61 Å². The van der Waals surface area contributed by atoms with Gasteiger partial charge in [-0.05, 0) is 32.1 Å². The first-order valence-electron chi connectivity index (χ1n) is 6.66. The molecule has 1 saturated carbocycles. The van der Waals surface area contributed by atoms with E-state index >= 15 is 0 Å². The Morgan fingerprint density at radius 1 is 1.41 bits per heavy atom. The maximum absolute atomic E-state index is 12.4. The molecule has 1 aliphatic rings. The van der Waals surface area contributed by atoms with E-state index in [0.29, 0.717) is 18.9 Å². The molecule has 4 heteroatoms. The van der Waals surface area contributed by atoms with Gasteiger partial charge in [-0.1, -0.05) is 26.7 Å². The molecule has 3 nitrogen and oxygen atoms in total. The van der Waals surface area contributed by atoms with Gasteiger partial charge >= 0.3 is 5.97 Å². The monoisotopic (exact) mass is 260 g/mol. The fourth-order valence-electron chi connectivity index (χ4n) is 2.48. The third-order valence-corrected chi connectivity index (χ3v) is 5.59. The number of hydrogen-bond donors (Lipinski definition) is 0. The van der Waals surface area contributed by atoms with E-state index in [1.807, 2.05) is 6.92 Å². The lowest BCUT2D eigenvalue weighted by molar-refractivity contribution is -0.142. The molecule has 0 spiro atoms. The van der Waals surface area contributed by atoms with Crippen molar-refractivity contribution in [3.63, 3.8) is 0 Å². The quantitative estimate of drug-likeness (QED) is 0.714. The van der Waals surface area contributed by atoms with E-state index in [-0.39, 0.29) is 11.2 Å². The van der Waals surface area contributed by atoms with E-state index in [4.69, 9.17) is 4.74 Å². The molecule has 0 aromatic rings. The second kappa shape index (κ2) is 7.14. The van der Waals surface area contributed by atoms with E-state index in [0.717, 1.165) is 19.3 Å². The molecule has 1 rings (SSSR count). The highest BCUT2D eigenvalue weighted by Gasteiger charge is 2.32. The lowest BCUT2D eigenvalue weighted by atomic mass is 9.91. The molecule has 4 atom stereocenters. The van der Waals surface area contributed by atoms with Gasteiger partial charge in [-0.25, -0.2) is 0 Å². The molecule has 1 aliphatic carbocycles. The number of esters is 1. The summed E-state index contributed by atoms with van der Waals surface area (Å²) in [5.74, 6) is 0.351. The smallest absolute Gasteiger partial charge is 0.321 e. The van der Waals surface area contributed by atoms with Crippen LogP contribution < -0.4 is 0 Å². The van der Waals surface area contributed by atoms with Crippen molar-refractivity contribution in [3.05, 3.63) is 0 Å². The van der Waals surface area contributed by atoms with Gasteiger partial charge in [0.1, 0.15) is 5.25 Å². The van der Waals surface area contributed by atoms with Gasteiger partial charge < -0.3 is 4.74 Å². The number of rotatable bonds is 5. The van der Waals surface area contributed by atoms with Crippen LogP contribution in [0.25, 0.3) is 0 Å². The highest BCUT2D eigenvalue weighted by Crippen LogP contribution is 2.29. The molecule has 0 bridgehead atoms. The minimum absolute atomic E-state index is 0.188. The van der Waals surface area contributed by atoms with E-state index in [2.05, 4.69) is 6.92 Å². The van der Waals surface area contributed by atoms with Crippen LogP contribution in [0.3, 0.4) is 0 Å². The van der Waals surface area contributed by atoms with Crippen molar-refractivity contribution < 1.29 is 13.7 Å². The molecule has 0 radical (unpaired) electrons. The average molecular weight is 260 g/mol. The molecule has 17 heavy (non-hydrogen) atoms. The Labute approximate surface area is 107 Å². The summed E-state index contributed by atoms with van der Waals surface area (Å²) in [7, 11) is -1.07. The Kier molecular flexibility index (Phi) is 6.17. The summed E-state index contributed by atoms with van der Waals surface area (Å²) in [5.41, 5.74) is 0. The van der Waals surface area contributed by atoms with Gasteiger partial charge in [0, 0.05) is 16.0 Å². The molecule has 1 fully saturated rings. The van der Waals surface area contributed by atoms with Crippen LogP contribution in [0.1, 0.15) is 52.9 Å². The Morgan fingerprint density at radius 3 is 2.65 bits per heavy atom. The van der Waals surface area contributed by atoms with Crippen LogP contribution in [-0.4, -0.2) is 27.3 Å². The van der Waals surface area contributed by atoms with E-state index in [1.54, 1.807) is 6.92 Å². The summed E-state index contributed by atoms with van der Waals surface area (Å²) in [6.45, 7) is 6.27. The summed E-state index contributed by atoms with van der Waals surface area (Å²) in [6.07, 6.45) is 4.95. The van der Waals surface area contributed by atoms with Crippen LogP contribution in [0, 0.1) is 5.92 Å². The first-order chi connectivity index (χ1) is 8.10. The minimum Gasteiger partial charge on any atom is -0.465 e. The van der Waals surface area contributed by atoms with E-state index in [1.165, 1.54) is 6.42 Å². The van der Waals surface area contributed by atoms with Gasteiger partial charge in [0.2, 0.25) is 0 Å². The number of carbonyl (C=O) groups is 1. The Hall–Kier alpha value is -0.380. The number of carbonyl (C=O) groups excluding carboxylic acids is 1. The summed E-state index contributed by atoms with van der Waals surface area (Å²) in [4.78, 5) is 11.7. The van der Waals surface area contributed by atoms with Crippen LogP contribution in [0.2, 0.25) is 0 Å². The van der Waals surface area contributed by atoms with Crippen LogP contribution >= 0.6 is 0 Å². The highest BCUT2D eigenvalue weighted by atomic mass is 32.2. The van der Waals surface area contributed by atoms with Gasteiger partial charge in [-0.15, -0.1) is 0 Å². The molecule has 4 unspecified atom stereocenters. The fourth-order valence-corrected chi connectivity index (χ4v) is 4.45. The van der Waals surface area contributed by atoms with Crippen molar-refractivity contribution in [1.82, 2.24) is 0 Å². The molecule has 0 saturated heterocycles. The normalized spacial score (nSPS) is 28.4. The van der Waals surface area contributed by atoms with Crippen molar-refractivity contribution in [3.8, 4) is 0 Å². The Bertz CT molecular complexity index is 278. The van der Waals surface area contributed by atoms with Crippen LogP contribution in [-0.2, 0) is 20.3 Å². The maximum Gasteiger partial charge on any atom is 0.321 e. The van der Waals surface area contributed by atoms with Gasteiger partial charge in [-0.2, -0.15) is 0 Å². The van der Waals surface area contributed by atoms with Crippen molar-refractivity contribution >= 4 is 16.8 Å². The largest absolute Gasteiger partial charge is 0.465 e. The van der Waals surface area contributed by atoms with Crippen molar-refractivity contribution in [1.29, 1.82) is 0 Å². The Morgan fingerprint density at radius 2 is 2.12 bits per heavy atom. The number of hydrogen-bond acceptors (Lipinski definition) is 3. The second-order valence-electron chi connectivity index (χ2n) is 4.87. The van der Waals surface area contributed by atoms with E-state index < -0.39 is 16.0 Å². The average Bonchev–Trinajstić information content (AvgIpc) is 2.30. The topological polar surface area (TPSA) is 43.4 Å². The first kappa shape index (κ1) is 14.7. The summed E-state index contributed by atoms with van der Waals surface area (Å²) in [5, 5.41) is -0.238. The zero-order chi connectivity index (χ0) is 12.8. The fraction of sp³-hybridized carbons (Fsp3) is 0.923. The van der Waals surface area contributed by atoms with Gasteiger partial charge in [0.15, 0.2) is 0 Å². The lowest BCUT2D eigenvalue weighted by Crippen LogP contribution is -2.35. The summed E-state index contributed by atoms with van der Waals surface area (Å²) < 4.78 is 17.4. The standard InChI is InChI=1S/C13H24O3S/c1-4-12(13(14)16-5-2)17(15)11-8-6-7-10(3)9-11/h10-12H,4-9H2,1-3H3. The molecular formula is C13H24O3S. The molecule has 0 heterocycles. The van der Waals surface area contributed by atoms with Crippen LogP contribution in [0.4, 0.5) is 0 Å². The zero-order valence-corrected chi connectivity index (χ0v) is 11.9.